The number of ether oxygens (including phenoxy) is 1. The molecule has 10 heteroatoms. The number of aliphatic carboxylic acids is 1. The lowest BCUT2D eigenvalue weighted by molar-refractivity contribution is -0.232. The van der Waals surface area contributed by atoms with Gasteiger partial charge in [-0.15, -0.1) is 0 Å². The number of sulfonamides is 1. The second-order valence-electron chi connectivity index (χ2n) is 5.95. The Balaban J connectivity index is 2.30. The molecule has 1 aliphatic heterocycles. The highest BCUT2D eigenvalue weighted by molar-refractivity contribution is 7.89. The van der Waals surface area contributed by atoms with E-state index < -0.39 is 51.1 Å². The average Bonchev–Trinajstić information content (AvgIpc) is 2.43. The monoisotopic (exact) mass is 357 g/mol. The Hall–Kier alpha value is -1.13. The van der Waals surface area contributed by atoms with E-state index >= 15 is 0 Å². The topological polar surface area (TPSA) is 83.9 Å². The third-order valence-electron chi connectivity index (χ3n) is 4.25. The molecule has 0 spiro atoms. The maximum absolute atomic E-state index is 13.0. The molecule has 1 saturated carbocycles. The molecule has 0 aromatic carbocycles. The Morgan fingerprint density at radius 3 is 2.43 bits per heavy atom. The van der Waals surface area contributed by atoms with Crippen LogP contribution in [0.5, 0.6) is 0 Å². The minimum atomic E-state index is -4.82. The zero-order valence-electron chi connectivity index (χ0n) is 12.6. The normalized spacial score (nSPS) is 32.3. The highest BCUT2D eigenvalue weighted by atomic mass is 32.2. The van der Waals surface area contributed by atoms with Gasteiger partial charge in [0, 0.05) is 20.0 Å². The third kappa shape index (κ3) is 3.53. The van der Waals surface area contributed by atoms with Crippen molar-refractivity contribution < 1.29 is 36.2 Å². The number of carbonyl (C=O) groups is 1. The fraction of sp³-hybridized carbons (Fsp3) is 0.769. The number of rotatable bonds is 3. The van der Waals surface area contributed by atoms with E-state index in [0.29, 0.717) is 0 Å². The van der Waals surface area contributed by atoms with Crippen molar-refractivity contribution in [2.75, 3.05) is 14.1 Å². The molecule has 0 bridgehead atoms. The molecule has 2 rings (SSSR count). The van der Waals surface area contributed by atoms with Crippen molar-refractivity contribution in [2.24, 2.45) is 5.92 Å². The minimum Gasteiger partial charge on any atom is -0.478 e. The number of hydrogen-bond donors (Lipinski definition) is 1. The highest BCUT2D eigenvalue weighted by Crippen LogP contribution is 2.41. The average molecular weight is 357 g/mol. The second kappa shape index (κ2) is 6.06. The summed E-state index contributed by atoms with van der Waals surface area (Å²) in [7, 11) is -0.779. The molecule has 2 aliphatic rings. The molecule has 23 heavy (non-hydrogen) atoms. The van der Waals surface area contributed by atoms with E-state index in [4.69, 9.17) is 9.84 Å². The zero-order chi connectivity index (χ0) is 17.6. The molecule has 4 unspecified atom stereocenters. The summed E-state index contributed by atoms with van der Waals surface area (Å²) in [6, 6.07) is 0. The number of carboxylic acid groups (broad SMARTS) is 1. The van der Waals surface area contributed by atoms with Crippen LogP contribution in [0.15, 0.2) is 11.6 Å². The molecular weight excluding hydrogens is 339 g/mol. The van der Waals surface area contributed by atoms with E-state index in [9.17, 15) is 26.4 Å². The first-order valence-corrected chi connectivity index (χ1v) is 8.53. The summed E-state index contributed by atoms with van der Waals surface area (Å²) in [6.07, 6.45) is -6.72. The first kappa shape index (κ1) is 18.2. The van der Waals surface area contributed by atoms with Gasteiger partial charge in [0.05, 0.1) is 16.9 Å². The Morgan fingerprint density at radius 2 is 1.96 bits per heavy atom. The van der Waals surface area contributed by atoms with Crippen LogP contribution in [0, 0.1) is 5.92 Å². The molecule has 0 saturated heterocycles. The van der Waals surface area contributed by atoms with Crippen LogP contribution in [-0.2, 0) is 19.6 Å². The van der Waals surface area contributed by atoms with Crippen LogP contribution in [-0.4, -0.2) is 61.5 Å². The molecule has 0 amide bonds. The summed E-state index contributed by atoms with van der Waals surface area (Å²) in [5, 5.41) is 8.25. The SMILES string of the molecule is CN(C)S(=O)(=O)C1CCC2OC(C(F)(F)F)C(C(=O)O)=CC2C1. The summed E-state index contributed by atoms with van der Waals surface area (Å²) in [5.41, 5.74) is -0.873. The Kier molecular flexibility index (Phi) is 4.80. The molecule has 1 heterocycles. The van der Waals surface area contributed by atoms with Crippen molar-refractivity contribution in [2.45, 2.75) is 42.9 Å². The van der Waals surface area contributed by atoms with Gasteiger partial charge in [-0.2, -0.15) is 13.2 Å². The molecule has 0 radical (unpaired) electrons. The standard InChI is InChI=1S/C13H18F3NO5S/c1-17(2)23(20,21)8-3-4-10-7(5-8)6-9(12(18)19)11(22-10)13(14,15)16/h6-8,10-11H,3-5H2,1-2H3,(H,18,19). The largest absolute Gasteiger partial charge is 0.478 e. The zero-order valence-corrected chi connectivity index (χ0v) is 13.4. The van der Waals surface area contributed by atoms with E-state index in [2.05, 4.69) is 0 Å². The van der Waals surface area contributed by atoms with Gasteiger partial charge in [0.15, 0.2) is 6.10 Å². The molecule has 0 aromatic rings. The van der Waals surface area contributed by atoms with Gasteiger partial charge in [0.1, 0.15) is 0 Å². The van der Waals surface area contributed by atoms with E-state index in [1.165, 1.54) is 14.1 Å². The number of fused-ring (bicyclic) bond motifs is 1. The van der Waals surface area contributed by atoms with Crippen molar-refractivity contribution in [3.05, 3.63) is 11.6 Å². The first-order valence-electron chi connectivity index (χ1n) is 7.03. The van der Waals surface area contributed by atoms with Crippen molar-refractivity contribution in [3.63, 3.8) is 0 Å². The number of halogens is 3. The van der Waals surface area contributed by atoms with Crippen LogP contribution in [0.2, 0.25) is 0 Å². The second-order valence-corrected chi connectivity index (χ2v) is 8.38. The Morgan fingerprint density at radius 1 is 1.35 bits per heavy atom. The summed E-state index contributed by atoms with van der Waals surface area (Å²) >= 11 is 0. The Bertz CT molecular complexity index is 614. The molecule has 1 aliphatic carbocycles. The molecule has 132 valence electrons. The fourth-order valence-electron chi connectivity index (χ4n) is 3.05. The summed E-state index contributed by atoms with van der Waals surface area (Å²) in [4.78, 5) is 11.1. The number of nitrogens with zero attached hydrogens (tertiary/aromatic N) is 1. The molecule has 1 N–H and O–H groups in total. The van der Waals surface area contributed by atoms with Crippen molar-refractivity contribution in [1.82, 2.24) is 4.31 Å². The third-order valence-corrected chi connectivity index (χ3v) is 6.54. The lowest BCUT2D eigenvalue weighted by Crippen LogP contribution is -2.48. The maximum atomic E-state index is 13.0. The van der Waals surface area contributed by atoms with E-state index in [-0.39, 0.29) is 19.3 Å². The van der Waals surface area contributed by atoms with Gasteiger partial charge in [0.2, 0.25) is 10.0 Å². The van der Waals surface area contributed by atoms with Crippen LogP contribution >= 0.6 is 0 Å². The summed E-state index contributed by atoms with van der Waals surface area (Å²) < 4.78 is 69.2. The fourth-order valence-corrected chi connectivity index (χ4v) is 4.55. The van der Waals surface area contributed by atoms with E-state index in [0.717, 1.165) is 10.4 Å². The maximum Gasteiger partial charge on any atom is 0.419 e. The molecule has 1 fully saturated rings. The van der Waals surface area contributed by atoms with Gasteiger partial charge in [-0.3, -0.25) is 0 Å². The van der Waals surface area contributed by atoms with E-state index in [1.54, 1.807) is 0 Å². The predicted octanol–water partition coefficient (Wildman–Crippen LogP) is 1.39. The minimum absolute atomic E-state index is 0.0482. The van der Waals surface area contributed by atoms with Crippen molar-refractivity contribution in [1.29, 1.82) is 0 Å². The summed E-state index contributed by atoms with van der Waals surface area (Å²) in [5.74, 6) is -2.36. The summed E-state index contributed by atoms with van der Waals surface area (Å²) in [6.45, 7) is 0. The van der Waals surface area contributed by atoms with Crippen LogP contribution in [0.1, 0.15) is 19.3 Å². The van der Waals surface area contributed by atoms with Gasteiger partial charge in [-0.1, -0.05) is 6.08 Å². The highest BCUT2D eigenvalue weighted by Gasteiger charge is 2.51. The van der Waals surface area contributed by atoms with Gasteiger partial charge in [-0.05, 0) is 19.3 Å². The van der Waals surface area contributed by atoms with Gasteiger partial charge >= 0.3 is 12.1 Å². The van der Waals surface area contributed by atoms with Crippen molar-refractivity contribution in [3.8, 4) is 0 Å². The first-order chi connectivity index (χ1) is 10.4. The smallest absolute Gasteiger partial charge is 0.419 e. The molecule has 6 nitrogen and oxygen atoms in total. The van der Waals surface area contributed by atoms with Crippen LogP contribution in [0.3, 0.4) is 0 Å². The van der Waals surface area contributed by atoms with Crippen LogP contribution < -0.4 is 0 Å². The lowest BCUT2D eigenvalue weighted by atomic mass is 9.82. The molecular formula is C13H18F3NO5S. The quantitative estimate of drug-likeness (QED) is 0.825. The van der Waals surface area contributed by atoms with Crippen molar-refractivity contribution >= 4 is 16.0 Å². The number of hydrogen-bond acceptors (Lipinski definition) is 4. The van der Waals surface area contributed by atoms with Gasteiger partial charge in [0.25, 0.3) is 0 Å². The Labute approximate surface area is 132 Å². The predicted molar refractivity (Wildman–Crippen MR) is 74.2 cm³/mol. The lowest BCUT2D eigenvalue weighted by Gasteiger charge is -2.40. The van der Waals surface area contributed by atoms with Crippen LogP contribution in [0.25, 0.3) is 0 Å². The molecule has 0 aromatic heterocycles. The van der Waals surface area contributed by atoms with Crippen LogP contribution in [0.4, 0.5) is 13.2 Å². The molecule has 4 atom stereocenters. The number of alkyl halides is 3. The van der Waals surface area contributed by atoms with Gasteiger partial charge < -0.3 is 9.84 Å². The van der Waals surface area contributed by atoms with E-state index in [1.807, 2.05) is 0 Å². The van der Waals surface area contributed by atoms with Gasteiger partial charge in [-0.25, -0.2) is 17.5 Å². The number of carboxylic acids is 1.